The van der Waals surface area contributed by atoms with Gasteiger partial charge in [-0.1, -0.05) is 0 Å². The first kappa shape index (κ1) is 7.66. The molecule has 2 rings (SSSR count). The summed E-state index contributed by atoms with van der Waals surface area (Å²) < 4.78 is 9.29. The largest absolute Gasteiger partial charge is 0.472 e. The van der Waals surface area contributed by atoms with Gasteiger partial charge in [0.2, 0.25) is 11.6 Å². The Balaban J connectivity index is 1.97. The number of aromatic nitrogens is 2. The molecule has 2 heterocycles. The molecular weight excluding hydrogens is 172 g/mol. The molecule has 6 heteroatoms. The first-order valence-corrected chi connectivity index (χ1v) is 3.69. The Morgan fingerprint density at radius 1 is 1.46 bits per heavy atom. The van der Waals surface area contributed by atoms with Gasteiger partial charge in [0.25, 0.3) is 0 Å². The van der Waals surface area contributed by atoms with Gasteiger partial charge in [-0.05, 0) is 16.4 Å². The normalized spacial score (nSPS) is 10.2. The smallest absolute Gasteiger partial charge is 0.215 e. The minimum absolute atomic E-state index is 0.253. The summed E-state index contributed by atoms with van der Waals surface area (Å²) in [6.45, 7) is 0.578. The molecule has 0 aliphatic carbocycles. The van der Waals surface area contributed by atoms with Crippen LogP contribution in [0.3, 0.4) is 0 Å². The van der Waals surface area contributed by atoms with Gasteiger partial charge in [-0.15, -0.1) is 0 Å². The average Bonchev–Trinajstić information content (AvgIpc) is 2.72. The molecule has 0 atom stereocenters. The van der Waals surface area contributed by atoms with Crippen molar-refractivity contribution in [3.63, 3.8) is 0 Å². The highest BCUT2D eigenvalue weighted by Gasteiger charge is 2.04. The van der Waals surface area contributed by atoms with Crippen LogP contribution in [0, 0.1) is 0 Å². The Labute approximate surface area is 73.7 Å². The van der Waals surface area contributed by atoms with Crippen molar-refractivity contribution >= 4 is 11.6 Å². The standard InChI is InChI=1S/C7H8N4O2/c8-6-7(11-13-10-6)9-3-5-1-2-12-4-5/h1-2,4H,3H2,(H2,8,10)(H,9,11). The lowest BCUT2D eigenvalue weighted by Gasteiger charge is -1.97. The summed E-state index contributed by atoms with van der Waals surface area (Å²) in [5.74, 6) is 0.699. The number of hydrogen-bond acceptors (Lipinski definition) is 6. The zero-order valence-corrected chi connectivity index (χ0v) is 6.73. The lowest BCUT2D eigenvalue weighted by atomic mass is 10.3. The zero-order valence-electron chi connectivity index (χ0n) is 6.73. The molecule has 68 valence electrons. The molecule has 0 aliphatic heterocycles. The van der Waals surface area contributed by atoms with Crippen LogP contribution in [-0.2, 0) is 6.54 Å². The van der Waals surface area contributed by atoms with Gasteiger partial charge >= 0.3 is 0 Å². The van der Waals surface area contributed by atoms with Gasteiger partial charge in [-0.2, -0.15) is 0 Å². The van der Waals surface area contributed by atoms with Crippen LogP contribution >= 0.6 is 0 Å². The Kier molecular flexibility index (Phi) is 1.87. The first-order valence-electron chi connectivity index (χ1n) is 3.69. The predicted molar refractivity (Wildman–Crippen MR) is 44.7 cm³/mol. The van der Waals surface area contributed by atoms with Crippen LogP contribution in [0.5, 0.6) is 0 Å². The average molecular weight is 180 g/mol. The third-order valence-corrected chi connectivity index (χ3v) is 1.55. The fourth-order valence-corrected chi connectivity index (χ4v) is 0.897. The maximum Gasteiger partial charge on any atom is 0.215 e. The number of nitrogen functional groups attached to an aromatic ring is 1. The van der Waals surface area contributed by atoms with Gasteiger partial charge in [-0.25, -0.2) is 4.63 Å². The van der Waals surface area contributed by atoms with E-state index in [2.05, 4.69) is 20.3 Å². The molecule has 2 aromatic rings. The van der Waals surface area contributed by atoms with Crippen molar-refractivity contribution in [2.45, 2.75) is 6.54 Å². The highest BCUT2D eigenvalue weighted by atomic mass is 16.6. The van der Waals surface area contributed by atoms with Crippen LogP contribution in [0.25, 0.3) is 0 Å². The lowest BCUT2D eigenvalue weighted by molar-refractivity contribution is 0.310. The van der Waals surface area contributed by atoms with Crippen molar-refractivity contribution < 1.29 is 9.05 Å². The number of rotatable bonds is 3. The number of nitrogens with two attached hydrogens (primary N) is 1. The number of furan rings is 1. The van der Waals surface area contributed by atoms with Crippen molar-refractivity contribution in [3.8, 4) is 0 Å². The Bertz CT molecular complexity index is 368. The van der Waals surface area contributed by atoms with Crippen LogP contribution < -0.4 is 11.1 Å². The molecule has 0 fully saturated rings. The Morgan fingerprint density at radius 2 is 2.38 bits per heavy atom. The summed E-state index contributed by atoms with van der Waals surface area (Å²) in [6, 6.07) is 1.84. The number of nitrogens with zero attached hydrogens (tertiary/aromatic N) is 2. The van der Waals surface area contributed by atoms with E-state index in [1.807, 2.05) is 6.07 Å². The third-order valence-electron chi connectivity index (χ3n) is 1.55. The predicted octanol–water partition coefficient (Wildman–Crippen LogP) is 0.857. The van der Waals surface area contributed by atoms with Gasteiger partial charge in [0.15, 0.2) is 0 Å². The van der Waals surface area contributed by atoms with Gasteiger partial charge in [0, 0.05) is 12.1 Å². The van der Waals surface area contributed by atoms with Crippen molar-refractivity contribution in [2.75, 3.05) is 11.1 Å². The zero-order chi connectivity index (χ0) is 9.10. The van der Waals surface area contributed by atoms with E-state index in [0.717, 1.165) is 5.56 Å². The van der Waals surface area contributed by atoms with Crippen LogP contribution in [0.15, 0.2) is 27.6 Å². The third kappa shape index (κ3) is 1.61. The molecule has 0 aliphatic rings. The lowest BCUT2D eigenvalue weighted by Crippen LogP contribution is -2.01. The molecular formula is C7H8N4O2. The molecule has 0 saturated heterocycles. The molecule has 0 spiro atoms. The van der Waals surface area contributed by atoms with Gasteiger partial charge < -0.3 is 15.5 Å². The minimum Gasteiger partial charge on any atom is -0.472 e. The summed E-state index contributed by atoms with van der Waals surface area (Å²) in [7, 11) is 0. The number of nitrogens with one attached hydrogen (secondary N) is 1. The molecule has 0 amide bonds. The fourth-order valence-electron chi connectivity index (χ4n) is 0.897. The minimum atomic E-state index is 0.253. The highest BCUT2D eigenvalue weighted by Crippen LogP contribution is 2.12. The van der Waals surface area contributed by atoms with Crippen molar-refractivity contribution in [3.05, 3.63) is 24.2 Å². The van der Waals surface area contributed by atoms with E-state index in [0.29, 0.717) is 12.4 Å². The van der Waals surface area contributed by atoms with E-state index in [-0.39, 0.29) is 5.82 Å². The molecule has 0 unspecified atom stereocenters. The van der Waals surface area contributed by atoms with Crippen LogP contribution in [0.2, 0.25) is 0 Å². The van der Waals surface area contributed by atoms with E-state index >= 15 is 0 Å². The summed E-state index contributed by atoms with van der Waals surface area (Å²) in [5, 5.41) is 9.93. The van der Waals surface area contributed by atoms with Gasteiger partial charge in [0.1, 0.15) is 0 Å². The fraction of sp³-hybridized carbons (Fsp3) is 0.143. The highest BCUT2D eigenvalue weighted by molar-refractivity contribution is 5.53. The monoisotopic (exact) mass is 180 g/mol. The molecule has 13 heavy (non-hydrogen) atoms. The van der Waals surface area contributed by atoms with Crippen molar-refractivity contribution in [1.29, 1.82) is 0 Å². The Morgan fingerprint density at radius 3 is 3.00 bits per heavy atom. The second-order valence-electron chi connectivity index (χ2n) is 2.48. The number of anilines is 2. The SMILES string of the molecule is Nc1nonc1NCc1ccoc1. The summed E-state index contributed by atoms with van der Waals surface area (Å²) in [6.07, 6.45) is 3.23. The molecule has 6 nitrogen and oxygen atoms in total. The molecule has 3 N–H and O–H groups in total. The van der Waals surface area contributed by atoms with Crippen molar-refractivity contribution in [2.24, 2.45) is 0 Å². The molecule has 0 bridgehead atoms. The quantitative estimate of drug-likeness (QED) is 0.727. The van der Waals surface area contributed by atoms with Gasteiger partial charge in [0.05, 0.1) is 12.5 Å². The maximum absolute atomic E-state index is 5.43. The van der Waals surface area contributed by atoms with E-state index in [9.17, 15) is 0 Å². The van der Waals surface area contributed by atoms with Gasteiger partial charge in [-0.3, -0.25) is 0 Å². The van der Waals surface area contributed by atoms with Crippen LogP contribution in [0.1, 0.15) is 5.56 Å². The number of hydrogen-bond donors (Lipinski definition) is 2. The first-order chi connectivity index (χ1) is 6.36. The molecule has 0 radical (unpaired) electrons. The maximum atomic E-state index is 5.43. The summed E-state index contributed by atoms with van der Waals surface area (Å²) in [5.41, 5.74) is 6.43. The molecule has 2 aromatic heterocycles. The summed E-state index contributed by atoms with van der Waals surface area (Å²) in [4.78, 5) is 0. The van der Waals surface area contributed by atoms with Crippen LogP contribution in [-0.4, -0.2) is 10.3 Å². The second-order valence-corrected chi connectivity index (χ2v) is 2.48. The van der Waals surface area contributed by atoms with E-state index < -0.39 is 0 Å². The van der Waals surface area contributed by atoms with E-state index in [4.69, 9.17) is 10.2 Å². The second kappa shape index (κ2) is 3.18. The van der Waals surface area contributed by atoms with E-state index in [1.54, 1.807) is 12.5 Å². The van der Waals surface area contributed by atoms with E-state index in [1.165, 1.54) is 0 Å². The summed E-state index contributed by atoms with van der Waals surface area (Å²) >= 11 is 0. The van der Waals surface area contributed by atoms with Crippen molar-refractivity contribution in [1.82, 2.24) is 10.3 Å². The van der Waals surface area contributed by atoms with Crippen LogP contribution in [0.4, 0.5) is 11.6 Å². The molecule has 0 saturated carbocycles. The molecule has 0 aromatic carbocycles. The Hall–Kier alpha value is -1.98. The topological polar surface area (TPSA) is 90.1 Å².